The molecule has 0 unspecified atom stereocenters. The highest BCUT2D eigenvalue weighted by Crippen LogP contribution is 2.39. The first-order chi connectivity index (χ1) is 15.6. The van der Waals surface area contributed by atoms with E-state index in [1.165, 1.54) is 53.8 Å². The van der Waals surface area contributed by atoms with Crippen LogP contribution in [0.2, 0.25) is 0 Å². The first kappa shape index (κ1) is 22.4. The minimum atomic E-state index is -4.54. The van der Waals surface area contributed by atoms with Gasteiger partial charge in [0.2, 0.25) is 0 Å². The predicted molar refractivity (Wildman–Crippen MR) is 107 cm³/mol. The van der Waals surface area contributed by atoms with Crippen molar-refractivity contribution in [2.75, 3.05) is 11.5 Å². The van der Waals surface area contributed by atoms with Crippen LogP contribution in [0, 0.1) is 6.92 Å². The third kappa shape index (κ3) is 4.71. The van der Waals surface area contributed by atoms with Gasteiger partial charge in [-0.3, -0.25) is 14.8 Å². The highest BCUT2D eigenvalue weighted by molar-refractivity contribution is 6.11. The van der Waals surface area contributed by atoms with Crippen LogP contribution >= 0.6 is 0 Å². The summed E-state index contributed by atoms with van der Waals surface area (Å²) in [5.74, 6) is -0.521. The van der Waals surface area contributed by atoms with E-state index in [1.807, 2.05) is 0 Å². The number of halogens is 5. The van der Waals surface area contributed by atoms with Crippen LogP contribution in [0.15, 0.2) is 48.9 Å². The van der Waals surface area contributed by atoms with Crippen molar-refractivity contribution in [2.45, 2.75) is 26.3 Å². The third-order valence-corrected chi connectivity index (χ3v) is 4.95. The Morgan fingerprint density at radius 1 is 1.12 bits per heavy atom. The molecule has 1 aliphatic rings. The molecule has 172 valence electrons. The Balaban J connectivity index is 1.69. The van der Waals surface area contributed by atoms with E-state index in [1.54, 1.807) is 6.92 Å². The molecule has 1 amide bonds. The van der Waals surface area contributed by atoms with E-state index in [4.69, 9.17) is 4.74 Å². The Morgan fingerprint density at radius 3 is 2.52 bits per heavy atom. The summed E-state index contributed by atoms with van der Waals surface area (Å²) >= 11 is 0. The van der Waals surface area contributed by atoms with Crippen LogP contribution < -0.4 is 14.4 Å². The maximum Gasteiger partial charge on any atom is 0.422 e. The lowest BCUT2D eigenvalue weighted by Gasteiger charge is -2.17. The normalized spacial score (nSPS) is 13.4. The molecule has 0 saturated carbocycles. The van der Waals surface area contributed by atoms with Crippen LogP contribution in [0.3, 0.4) is 0 Å². The molecule has 4 rings (SSSR count). The summed E-state index contributed by atoms with van der Waals surface area (Å²) in [6.07, 6.45) is -0.513. The van der Waals surface area contributed by atoms with E-state index in [0.29, 0.717) is 33.6 Å². The van der Waals surface area contributed by atoms with E-state index < -0.39 is 19.4 Å². The summed E-state index contributed by atoms with van der Waals surface area (Å²) in [5, 5.41) is 0. The fourth-order valence-corrected chi connectivity index (χ4v) is 3.57. The first-order valence-corrected chi connectivity index (χ1v) is 9.63. The number of amides is 1. The minimum absolute atomic E-state index is 0.0564. The second-order valence-corrected chi connectivity index (χ2v) is 7.18. The van der Waals surface area contributed by atoms with E-state index in [-0.39, 0.29) is 24.0 Å². The van der Waals surface area contributed by atoms with Gasteiger partial charge in [-0.2, -0.15) is 22.0 Å². The first-order valence-electron chi connectivity index (χ1n) is 9.63. The lowest BCUT2D eigenvalue weighted by molar-refractivity contribution is -0.153. The number of hydrogen-bond donors (Lipinski definition) is 0. The molecule has 6 nitrogen and oxygen atoms in total. The van der Waals surface area contributed by atoms with Gasteiger partial charge in [0.1, 0.15) is 11.5 Å². The number of carbonyl (C=O) groups excluding carboxylic acids is 1. The van der Waals surface area contributed by atoms with Crippen LogP contribution in [-0.2, 0) is 6.54 Å². The number of pyridine rings is 2. The number of benzene rings is 1. The number of anilines is 1. The van der Waals surface area contributed by atoms with E-state index in [0.717, 1.165) is 0 Å². The van der Waals surface area contributed by atoms with Crippen molar-refractivity contribution in [2.24, 2.45) is 0 Å². The van der Waals surface area contributed by atoms with Crippen molar-refractivity contribution in [3.8, 4) is 22.8 Å². The molecule has 0 fully saturated rings. The Labute approximate surface area is 184 Å². The van der Waals surface area contributed by atoms with Crippen molar-refractivity contribution < 1.29 is 36.2 Å². The van der Waals surface area contributed by atoms with Gasteiger partial charge < -0.3 is 14.4 Å². The Kier molecular flexibility index (Phi) is 5.88. The molecule has 11 heteroatoms. The number of rotatable bonds is 6. The third-order valence-electron chi connectivity index (χ3n) is 4.95. The van der Waals surface area contributed by atoms with Gasteiger partial charge in [0, 0.05) is 34.8 Å². The summed E-state index contributed by atoms with van der Waals surface area (Å²) in [7, 11) is 0. The van der Waals surface area contributed by atoms with Crippen LogP contribution in [0.4, 0.5) is 27.6 Å². The number of nitrogens with zero attached hydrogens (tertiary/aromatic N) is 3. The van der Waals surface area contributed by atoms with Crippen LogP contribution in [-0.4, -0.2) is 35.3 Å². The average Bonchev–Trinajstić information content (AvgIpc) is 3.09. The fraction of sp³-hybridized carbons (Fsp3) is 0.227. The molecule has 0 radical (unpaired) electrons. The van der Waals surface area contributed by atoms with Gasteiger partial charge in [-0.15, -0.1) is 0 Å². The monoisotopic (exact) mass is 465 g/mol. The number of hydrogen-bond acceptors (Lipinski definition) is 5. The highest BCUT2D eigenvalue weighted by atomic mass is 19.4. The van der Waals surface area contributed by atoms with Crippen molar-refractivity contribution in [3.05, 3.63) is 65.6 Å². The van der Waals surface area contributed by atoms with Crippen LogP contribution in [0.25, 0.3) is 11.3 Å². The number of aryl methyl sites for hydroxylation is 1. The van der Waals surface area contributed by atoms with Crippen molar-refractivity contribution in [3.63, 3.8) is 0 Å². The highest BCUT2D eigenvalue weighted by Gasteiger charge is 2.33. The molecule has 3 heterocycles. The SMILES string of the molecule is Cc1cncc(OCC(F)(F)F)c1-c1nccc2c1CN(c1ccc(OC(F)F)cc1)C2=O. The van der Waals surface area contributed by atoms with Crippen molar-refractivity contribution >= 4 is 11.6 Å². The second-order valence-electron chi connectivity index (χ2n) is 7.18. The van der Waals surface area contributed by atoms with Gasteiger partial charge in [0.25, 0.3) is 5.91 Å². The zero-order chi connectivity index (χ0) is 23.8. The zero-order valence-electron chi connectivity index (χ0n) is 17.1. The predicted octanol–water partition coefficient (Wildman–Crippen LogP) is 5.15. The molecule has 0 spiro atoms. The number of alkyl halides is 5. The number of ether oxygens (including phenoxy) is 2. The molecular formula is C22H16F5N3O3. The lowest BCUT2D eigenvalue weighted by atomic mass is 10.00. The molecule has 0 saturated heterocycles. The molecular weight excluding hydrogens is 449 g/mol. The lowest BCUT2D eigenvalue weighted by Crippen LogP contribution is -2.22. The summed E-state index contributed by atoms with van der Waals surface area (Å²) in [6.45, 7) is -2.75. The van der Waals surface area contributed by atoms with Crippen molar-refractivity contribution in [1.29, 1.82) is 0 Å². The second kappa shape index (κ2) is 8.64. The van der Waals surface area contributed by atoms with Crippen LogP contribution in [0.1, 0.15) is 21.5 Å². The van der Waals surface area contributed by atoms with Gasteiger partial charge >= 0.3 is 12.8 Å². The molecule has 2 aromatic heterocycles. The summed E-state index contributed by atoms with van der Waals surface area (Å²) in [4.78, 5) is 22.7. The molecule has 1 aromatic carbocycles. The fourth-order valence-electron chi connectivity index (χ4n) is 3.57. The van der Waals surface area contributed by atoms with Gasteiger partial charge in [0.05, 0.1) is 18.4 Å². The van der Waals surface area contributed by atoms with Gasteiger partial charge in [-0.1, -0.05) is 0 Å². The molecule has 0 atom stereocenters. The van der Waals surface area contributed by atoms with Gasteiger partial charge in [-0.25, -0.2) is 0 Å². The topological polar surface area (TPSA) is 64.6 Å². The van der Waals surface area contributed by atoms with Gasteiger partial charge in [-0.05, 0) is 42.8 Å². The Bertz CT molecular complexity index is 1180. The Morgan fingerprint density at radius 2 is 1.85 bits per heavy atom. The Hall–Kier alpha value is -3.76. The smallest absolute Gasteiger partial charge is 0.422 e. The number of aromatic nitrogens is 2. The largest absolute Gasteiger partial charge is 0.482 e. The maximum atomic E-state index is 13.0. The molecule has 3 aromatic rings. The van der Waals surface area contributed by atoms with Crippen LogP contribution in [0.5, 0.6) is 11.5 Å². The maximum absolute atomic E-state index is 13.0. The average molecular weight is 465 g/mol. The zero-order valence-corrected chi connectivity index (χ0v) is 17.1. The molecule has 1 aliphatic heterocycles. The minimum Gasteiger partial charge on any atom is -0.482 e. The summed E-state index contributed by atoms with van der Waals surface area (Å²) < 4.78 is 72.2. The van der Waals surface area contributed by atoms with Gasteiger partial charge in [0.15, 0.2) is 6.61 Å². The summed E-state index contributed by atoms with van der Waals surface area (Å²) in [6, 6.07) is 7.07. The van der Waals surface area contributed by atoms with E-state index in [9.17, 15) is 26.7 Å². The van der Waals surface area contributed by atoms with E-state index >= 15 is 0 Å². The molecule has 0 bridgehead atoms. The standard InChI is InChI=1S/C22H16F5N3O3/c1-12-8-28-9-17(32-11-22(25,26)27)18(12)19-16-10-30(20(31)15(16)6-7-29-19)13-2-4-14(5-3-13)33-21(23)24/h2-9,21H,10-11H2,1H3. The molecule has 0 aliphatic carbocycles. The number of carbonyl (C=O) groups is 1. The molecule has 0 N–H and O–H groups in total. The molecule has 33 heavy (non-hydrogen) atoms. The van der Waals surface area contributed by atoms with E-state index in [2.05, 4.69) is 14.7 Å². The van der Waals surface area contributed by atoms with Crippen molar-refractivity contribution in [1.82, 2.24) is 9.97 Å². The number of fused-ring (bicyclic) bond motifs is 1. The quantitative estimate of drug-likeness (QED) is 0.471. The summed E-state index contributed by atoms with van der Waals surface area (Å²) in [5.41, 5.74) is 2.39.